The molecule has 1 saturated heterocycles. The van der Waals surface area contributed by atoms with E-state index in [0.717, 1.165) is 5.56 Å². The molecule has 1 aliphatic heterocycles. The van der Waals surface area contributed by atoms with Crippen LogP contribution in [0.4, 0.5) is 4.39 Å². The first kappa shape index (κ1) is 17.4. The summed E-state index contributed by atoms with van der Waals surface area (Å²) in [6, 6.07) is 8.87. The molecule has 132 valence electrons. The average Bonchev–Trinajstić information content (AvgIpc) is 3.21. The summed E-state index contributed by atoms with van der Waals surface area (Å²) in [7, 11) is -3.13. The van der Waals surface area contributed by atoms with Crippen LogP contribution in [0.15, 0.2) is 53.2 Å². The Morgan fingerprint density at radius 1 is 1.28 bits per heavy atom. The molecule has 3 rings (SSSR count). The number of sulfone groups is 1. The summed E-state index contributed by atoms with van der Waals surface area (Å²) in [6.45, 7) is 0.224. The molecule has 2 aromatic rings. The topological polar surface area (TPSA) is 67.6 Å². The molecule has 1 aromatic heterocycles. The highest BCUT2D eigenvalue weighted by atomic mass is 32.2. The fourth-order valence-corrected chi connectivity index (χ4v) is 4.56. The predicted molar refractivity (Wildman–Crippen MR) is 91.8 cm³/mol. The van der Waals surface area contributed by atoms with Crippen LogP contribution in [-0.4, -0.2) is 36.8 Å². The number of carbonyl (C=O) groups is 1. The minimum atomic E-state index is -3.13. The van der Waals surface area contributed by atoms with Gasteiger partial charge in [0, 0.05) is 18.7 Å². The summed E-state index contributed by atoms with van der Waals surface area (Å²) >= 11 is 0. The third-order valence-corrected chi connectivity index (χ3v) is 5.88. The van der Waals surface area contributed by atoms with Crippen molar-refractivity contribution in [2.75, 3.05) is 11.5 Å². The van der Waals surface area contributed by atoms with Crippen molar-refractivity contribution in [1.29, 1.82) is 0 Å². The molecule has 25 heavy (non-hydrogen) atoms. The maximum atomic E-state index is 13.1. The molecule has 2 heterocycles. The molecule has 5 nitrogen and oxygen atoms in total. The first-order chi connectivity index (χ1) is 11.9. The van der Waals surface area contributed by atoms with E-state index in [0.29, 0.717) is 12.2 Å². The average molecular weight is 363 g/mol. The van der Waals surface area contributed by atoms with Crippen LogP contribution in [0.1, 0.15) is 17.7 Å². The van der Waals surface area contributed by atoms with Gasteiger partial charge in [-0.25, -0.2) is 12.8 Å². The third-order valence-electron chi connectivity index (χ3n) is 4.13. The molecule has 1 amide bonds. The molecule has 0 aliphatic carbocycles. The number of furan rings is 1. The van der Waals surface area contributed by atoms with Crippen LogP contribution < -0.4 is 0 Å². The van der Waals surface area contributed by atoms with Gasteiger partial charge in [-0.3, -0.25) is 4.79 Å². The van der Waals surface area contributed by atoms with E-state index in [2.05, 4.69) is 0 Å². The Morgan fingerprint density at radius 3 is 2.64 bits per heavy atom. The van der Waals surface area contributed by atoms with E-state index in [1.165, 1.54) is 29.4 Å². The van der Waals surface area contributed by atoms with Gasteiger partial charge in [-0.1, -0.05) is 12.1 Å². The van der Waals surface area contributed by atoms with E-state index in [1.807, 2.05) is 0 Å². The van der Waals surface area contributed by atoms with Crippen molar-refractivity contribution in [2.45, 2.75) is 19.0 Å². The summed E-state index contributed by atoms with van der Waals surface area (Å²) in [4.78, 5) is 14.2. The quantitative estimate of drug-likeness (QED) is 0.766. The molecule has 0 N–H and O–H groups in total. The largest absolute Gasteiger partial charge is 0.465 e. The Labute approximate surface area is 145 Å². The van der Waals surface area contributed by atoms with Crippen LogP contribution in [0.3, 0.4) is 0 Å². The van der Waals surface area contributed by atoms with E-state index in [-0.39, 0.29) is 35.8 Å². The van der Waals surface area contributed by atoms with Gasteiger partial charge >= 0.3 is 0 Å². The lowest BCUT2D eigenvalue weighted by Gasteiger charge is -2.27. The molecule has 1 fully saturated rings. The fourth-order valence-electron chi connectivity index (χ4n) is 2.83. The molecule has 7 heteroatoms. The maximum Gasteiger partial charge on any atom is 0.247 e. The number of rotatable bonds is 5. The Balaban J connectivity index is 1.80. The van der Waals surface area contributed by atoms with Gasteiger partial charge < -0.3 is 9.32 Å². The van der Waals surface area contributed by atoms with Gasteiger partial charge in [-0.2, -0.15) is 0 Å². The van der Waals surface area contributed by atoms with E-state index in [1.54, 1.807) is 30.3 Å². The van der Waals surface area contributed by atoms with Gasteiger partial charge in [0.1, 0.15) is 11.6 Å². The van der Waals surface area contributed by atoms with Gasteiger partial charge in [0.15, 0.2) is 9.84 Å². The summed E-state index contributed by atoms with van der Waals surface area (Å²) in [6.07, 6.45) is 4.82. The predicted octanol–water partition coefficient (Wildman–Crippen LogP) is 2.65. The second kappa shape index (κ2) is 7.23. The number of amides is 1. The maximum absolute atomic E-state index is 13.1. The van der Waals surface area contributed by atoms with E-state index in [4.69, 9.17) is 4.42 Å². The Bertz CT molecular complexity index is 857. The van der Waals surface area contributed by atoms with Crippen LogP contribution >= 0.6 is 0 Å². The number of benzene rings is 1. The van der Waals surface area contributed by atoms with Gasteiger partial charge in [0.2, 0.25) is 5.91 Å². The SMILES string of the molecule is O=C(/C=C/c1ccco1)N(Cc1ccc(F)cc1)C1CCS(=O)(=O)C1. The van der Waals surface area contributed by atoms with Crippen molar-refractivity contribution in [3.63, 3.8) is 0 Å². The Morgan fingerprint density at radius 2 is 2.04 bits per heavy atom. The molecule has 0 spiro atoms. The van der Waals surface area contributed by atoms with Crippen LogP contribution in [-0.2, 0) is 21.2 Å². The van der Waals surface area contributed by atoms with E-state index < -0.39 is 9.84 Å². The number of carbonyl (C=O) groups excluding carboxylic acids is 1. The standard InChI is InChI=1S/C18H18FNO4S/c19-15-5-3-14(4-6-15)12-20(16-9-11-25(22,23)13-16)18(21)8-7-17-2-1-10-24-17/h1-8,10,16H,9,11-13H2/b8-7+. The highest BCUT2D eigenvalue weighted by molar-refractivity contribution is 7.91. The zero-order chi connectivity index (χ0) is 17.9. The Hall–Kier alpha value is -2.41. The smallest absolute Gasteiger partial charge is 0.247 e. The highest BCUT2D eigenvalue weighted by Gasteiger charge is 2.34. The summed E-state index contributed by atoms with van der Waals surface area (Å²) < 4.78 is 41.8. The van der Waals surface area contributed by atoms with Gasteiger partial charge in [-0.05, 0) is 42.3 Å². The van der Waals surface area contributed by atoms with Crippen molar-refractivity contribution < 1.29 is 22.0 Å². The van der Waals surface area contributed by atoms with Crippen molar-refractivity contribution in [2.24, 2.45) is 0 Å². The lowest BCUT2D eigenvalue weighted by atomic mass is 10.1. The molecule has 1 aliphatic rings. The zero-order valence-electron chi connectivity index (χ0n) is 13.5. The second-order valence-corrected chi connectivity index (χ2v) is 8.23. The molecule has 0 bridgehead atoms. The molecule has 1 unspecified atom stereocenters. The van der Waals surface area contributed by atoms with Gasteiger partial charge in [0.25, 0.3) is 0 Å². The molecule has 1 atom stereocenters. The van der Waals surface area contributed by atoms with Crippen molar-refractivity contribution in [3.8, 4) is 0 Å². The van der Waals surface area contributed by atoms with Gasteiger partial charge in [0.05, 0.1) is 17.8 Å². The van der Waals surface area contributed by atoms with Crippen LogP contribution in [0, 0.1) is 5.82 Å². The molecule has 1 aromatic carbocycles. The highest BCUT2D eigenvalue weighted by Crippen LogP contribution is 2.21. The lowest BCUT2D eigenvalue weighted by molar-refractivity contribution is -0.128. The van der Waals surface area contributed by atoms with Gasteiger partial charge in [-0.15, -0.1) is 0 Å². The number of hydrogen-bond acceptors (Lipinski definition) is 4. The third kappa shape index (κ3) is 4.57. The summed E-state index contributed by atoms with van der Waals surface area (Å²) in [5.41, 5.74) is 0.741. The van der Waals surface area contributed by atoms with Crippen molar-refractivity contribution in [1.82, 2.24) is 4.90 Å². The second-order valence-electron chi connectivity index (χ2n) is 6.00. The van der Waals surface area contributed by atoms with Crippen LogP contribution in [0.2, 0.25) is 0 Å². The van der Waals surface area contributed by atoms with E-state index >= 15 is 0 Å². The van der Waals surface area contributed by atoms with Crippen LogP contribution in [0.5, 0.6) is 0 Å². The summed E-state index contributed by atoms with van der Waals surface area (Å²) in [5, 5.41) is 0. The fraction of sp³-hybridized carbons (Fsp3) is 0.278. The minimum Gasteiger partial charge on any atom is -0.465 e. The number of nitrogens with zero attached hydrogens (tertiary/aromatic N) is 1. The summed E-state index contributed by atoms with van der Waals surface area (Å²) in [5.74, 6) is -0.0962. The Kier molecular flexibility index (Phi) is 5.03. The first-order valence-electron chi connectivity index (χ1n) is 7.90. The normalized spacial score (nSPS) is 19.3. The van der Waals surface area contributed by atoms with Crippen molar-refractivity contribution >= 4 is 21.8 Å². The number of halogens is 1. The lowest BCUT2D eigenvalue weighted by Crippen LogP contribution is -2.39. The molecular formula is C18H18FNO4S. The van der Waals surface area contributed by atoms with Crippen molar-refractivity contribution in [3.05, 3.63) is 65.9 Å². The minimum absolute atomic E-state index is 0.0471. The number of hydrogen-bond donors (Lipinski definition) is 0. The molecular weight excluding hydrogens is 345 g/mol. The monoisotopic (exact) mass is 363 g/mol. The molecule has 0 saturated carbocycles. The molecule has 0 radical (unpaired) electrons. The van der Waals surface area contributed by atoms with Crippen LogP contribution in [0.25, 0.3) is 6.08 Å². The zero-order valence-corrected chi connectivity index (χ0v) is 14.3. The van der Waals surface area contributed by atoms with E-state index in [9.17, 15) is 17.6 Å². The first-order valence-corrected chi connectivity index (χ1v) is 9.72.